The first-order chi connectivity index (χ1) is 9.72. The topological polar surface area (TPSA) is 31.4 Å². The molecule has 1 atom stereocenters. The Kier molecular flexibility index (Phi) is 5.80. The van der Waals surface area contributed by atoms with Gasteiger partial charge in [0.05, 0.1) is 0 Å². The van der Waals surface area contributed by atoms with Gasteiger partial charge in [-0.25, -0.2) is 4.98 Å². The van der Waals surface area contributed by atoms with Crippen LogP contribution in [0.3, 0.4) is 0 Å². The monoisotopic (exact) mass is 276 g/mol. The minimum absolute atomic E-state index is 0.663. The zero-order valence-corrected chi connectivity index (χ0v) is 13.1. The summed E-state index contributed by atoms with van der Waals surface area (Å²) in [6, 6.07) is 4.95. The van der Waals surface area contributed by atoms with Crippen LogP contribution in [-0.2, 0) is 6.54 Å². The highest BCUT2D eigenvalue weighted by Crippen LogP contribution is 2.16. The molecule has 1 fully saturated rings. The highest BCUT2D eigenvalue weighted by Gasteiger charge is 2.21. The van der Waals surface area contributed by atoms with Crippen molar-refractivity contribution in [2.75, 3.05) is 38.5 Å². The first-order valence-electron chi connectivity index (χ1n) is 7.84. The third-order valence-electron chi connectivity index (χ3n) is 4.06. The zero-order chi connectivity index (χ0) is 14.4. The average molecular weight is 276 g/mol. The minimum atomic E-state index is 0.663. The van der Waals surface area contributed by atoms with Crippen LogP contribution in [0.25, 0.3) is 0 Å². The fourth-order valence-corrected chi connectivity index (χ4v) is 2.93. The van der Waals surface area contributed by atoms with Crippen LogP contribution in [0.1, 0.15) is 32.3 Å². The second-order valence-corrected chi connectivity index (χ2v) is 5.73. The molecule has 1 aromatic rings. The number of anilines is 1. The summed E-state index contributed by atoms with van der Waals surface area (Å²) in [4.78, 5) is 9.55. The molecule has 0 amide bonds. The Bertz CT molecular complexity index is 390. The van der Waals surface area contributed by atoms with E-state index in [4.69, 9.17) is 0 Å². The lowest BCUT2D eigenvalue weighted by molar-refractivity contribution is 0.176. The van der Waals surface area contributed by atoms with E-state index in [9.17, 15) is 0 Å². The molecule has 1 N–H and O–H groups in total. The summed E-state index contributed by atoms with van der Waals surface area (Å²) < 4.78 is 0. The Morgan fingerprint density at radius 3 is 2.80 bits per heavy atom. The molecule has 0 bridgehead atoms. The number of aromatic nitrogens is 1. The summed E-state index contributed by atoms with van der Waals surface area (Å²) in [7, 11) is 2.24. The van der Waals surface area contributed by atoms with E-state index >= 15 is 0 Å². The predicted octanol–water partition coefficient (Wildman–Crippen LogP) is 2.43. The van der Waals surface area contributed by atoms with Crippen molar-refractivity contribution in [3.05, 3.63) is 23.9 Å². The van der Waals surface area contributed by atoms with Gasteiger partial charge in [0.15, 0.2) is 0 Å². The van der Waals surface area contributed by atoms with Gasteiger partial charge in [0.1, 0.15) is 5.82 Å². The van der Waals surface area contributed by atoms with Crippen molar-refractivity contribution in [1.82, 2.24) is 14.8 Å². The second-order valence-electron chi connectivity index (χ2n) is 5.73. The Labute approximate surface area is 123 Å². The molecule has 112 valence electrons. The van der Waals surface area contributed by atoms with Crippen molar-refractivity contribution in [2.45, 2.75) is 39.3 Å². The van der Waals surface area contributed by atoms with Gasteiger partial charge in [-0.05, 0) is 45.0 Å². The lowest BCUT2D eigenvalue weighted by atomic mass is 10.1. The number of nitrogens with zero attached hydrogens (tertiary/aromatic N) is 3. The number of hydrogen-bond donors (Lipinski definition) is 1. The smallest absolute Gasteiger partial charge is 0.125 e. The zero-order valence-electron chi connectivity index (χ0n) is 13.1. The van der Waals surface area contributed by atoms with E-state index < -0.39 is 0 Å². The van der Waals surface area contributed by atoms with Crippen molar-refractivity contribution >= 4 is 5.82 Å². The number of likely N-dealkylation sites (N-methyl/N-ethyl adjacent to an activating group) is 1. The first kappa shape index (κ1) is 15.3. The molecule has 2 rings (SSSR count). The van der Waals surface area contributed by atoms with Gasteiger partial charge in [0.2, 0.25) is 0 Å². The second kappa shape index (κ2) is 7.60. The fourth-order valence-electron chi connectivity index (χ4n) is 2.93. The third kappa shape index (κ3) is 4.18. The molecular formula is C16H28N4. The van der Waals surface area contributed by atoms with Crippen LogP contribution in [0.2, 0.25) is 0 Å². The van der Waals surface area contributed by atoms with Gasteiger partial charge in [-0.3, -0.25) is 4.90 Å². The Balaban J connectivity index is 1.99. The van der Waals surface area contributed by atoms with Gasteiger partial charge < -0.3 is 10.2 Å². The number of rotatable bonds is 5. The summed E-state index contributed by atoms with van der Waals surface area (Å²) in [5.74, 6) is 0.971. The lowest BCUT2D eigenvalue weighted by Crippen LogP contribution is -2.39. The lowest BCUT2D eigenvalue weighted by Gasteiger charge is -2.30. The molecule has 4 heteroatoms. The molecule has 0 radical (unpaired) electrons. The molecule has 20 heavy (non-hydrogen) atoms. The third-order valence-corrected chi connectivity index (χ3v) is 4.06. The van der Waals surface area contributed by atoms with Crippen molar-refractivity contribution < 1.29 is 0 Å². The maximum Gasteiger partial charge on any atom is 0.125 e. The Morgan fingerprint density at radius 1 is 1.30 bits per heavy atom. The quantitative estimate of drug-likeness (QED) is 0.895. The molecule has 0 aliphatic carbocycles. The fraction of sp³-hybridized carbons (Fsp3) is 0.688. The van der Waals surface area contributed by atoms with Crippen molar-refractivity contribution in [3.8, 4) is 0 Å². The molecule has 1 aliphatic rings. The van der Waals surface area contributed by atoms with E-state index in [0.717, 1.165) is 18.9 Å². The van der Waals surface area contributed by atoms with Gasteiger partial charge in [-0.2, -0.15) is 0 Å². The standard InChI is InChI=1S/C16H28N4/c1-4-15-13-19(3)9-6-10-20(15)12-14-7-8-16(17-5-2)18-11-14/h7-8,11,15H,4-6,9-10,12-13H2,1-3H3,(H,17,18). The molecule has 0 aromatic carbocycles. The van der Waals surface area contributed by atoms with Gasteiger partial charge >= 0.3 is 0 Å². The van der Waals surface area contributed by atoms with Crippen molar-refractivity contribution in [2.24, 2.45) is 0 Å². The molecule has 1 aliphatic heterocycles. The van der Waals surface area contributed by atoms with Crippen LogP contribution in [-0.4, -0.2) is 54.1 Å². The highest BCUT2D eigenvalue weighted by atomic mass is 15.2. The van der Waals surface area contributed by atoms with E-state index in [1.54, 1.807) is 0 Å². The Hall–Kier alpha value is -1.13. The molecular weight excluding hydrogens is 248 g/mol. The molecule has 1 aromatic heterocycles. The maximum absolute atomic E-state index is 4.47. The normalized spacial score (nSPS) is 21.6. The highest BCUT2D eigenvalue weighted by molar-refractivity contribution is 5.35. The number of nitrogens with one attached hydrogen (secondary N) is 1. The molecule has 4 nitrogen and oxygen atoms in total. The summed E-state index contributed by atoms with van der Waals surface area (Å²) >= 11 is 0. The summed E-state index contributed by atoms with van der Waals surface area (Å²) in [6.45, 7) is 9.91. The van der Waals surface area contributed by atoms with Crippen LogP contribution in [0, 0.1) is 0 Å². The SMILES string of the molecule is CCNc1ccc(CN2CCCN(C)CC2CC)cn1. The van der Waals surface area contributed by atoms with Crippen LogP contribution < -0.4 is 5.32 Å². The molecule has 1 saturated heterocycles. The predicted molar refractivity (Wildman–Crippen MR) is 85.0 cm³/mol. The average Bonchev–Trinajstić information content (AvgIpc) is 2.63. The first-order valence-corrected chi connectivity index (χ1v) is 7.84. The van der Waals surface area contributed by atoms with E-state index in [1.807, 2.05) is 6.20 Å². The maximum atomic E-state index is 4.47. The minimum Gasteiger partial charge on any atom is -0.370 e. The van der Waals surface area contributed by atoms with Crippen molar-refractivity contribution in [1.29, 1.82) is 0 Å². The molecule has 1 unspecified atom stereocenters. The molecule has 0 spiro atoms. The van der Waals surface area contributed by atoms with Gasteiger partial charge in [-0.15, -0.1) is 0 Å². The van der Waals surface area contributed by atoms with Crippen molar-refractivity contribution in [3.63, 3.8) is 0 Å². The van der Waals surface area contributed by atoms with Crippen LogP contribution in [0.4, 0.5) is 5.82 Å². The Morgan fingerprint density at radius 2 is 2.15 bits per heavy atom. The van der Waals surface area contributed by atoms with Gasteiger partial charge in [0, 0.05) is 38.4 Å². The van der Waals surface area contributed by atoms with Gasteiger partial charge in [0.25, 0.3) is 0 Å². The molecule has 2 heterocycles. The summed E-state index contributed by atoms with van der Waals surface area (Å²) in [6.07, 6.45) is 4.49. The summed E-state index contributed by atoms with van der Waals surface area (Å²) in [5.41, 5.74) is 1.31. The van der Waals surface area contributed by atoms with Gasteiger partial charge in [-0.1, -0.05) is 13.0 Å². The number of pyridine rings is 1. The number of hydrogen-bond acceptors (Lipinski definition) is 4. The van der Waals surface area contributed by atoms with E-state index in [2.05, 4.69) is 53.1 Å². The van der Waals surface area contributed by atoms with E-state index in [0.29, 0.717) is 6.04 Å². The van der Waals surface area contributed by atoms with E-state index in [1.165, 1.54) is 38.0 Å². The van der Waals surface area contributed by atoms with Crippen LogP contribution in [0.15, 0.2) is 18.3 Å². The van der Waals surface area contributed by atoms with Crippen LogP contribution in [0.5, 0.6) is 0 Å². The van der Waals surface area contributed by atoms with Crippen LogP contribution >= 0.6 is 0 Å². The molecule has 0 saturated carbocycles. The van der Waals surface area contributed by atoms with E-state index in [-0.39, 0.29) is 0 Å². The largest absolute Gasteiger partial charge is 0.370 e. The summed E-state index contributed by atoms with van der Waals surface area (Å²) in [5, 5.41) is 3.24.